The van der Waals surface area contributed by atoms with E-state index in [1.54, 1.807) is 22.5 Å². The molecule has 0 aliphatic rings. The predicted molar refractivity (Wildman–Crippen MR) is 134 cm³/mol. The number of fused-ring (bicyclic) bond motifs is 1. The Balaban J connectivity index is 1.16. The van der Waals surface area contributed by atoms with Gasteiger partial charge in [-0.05, 0) is 53.2 Å². The Hall–Kier alpha value is -3.49. The lowest BCUT2D eigenvalue weighted by atomic mass is 10.2. The number of hydrogen-bond acceptors (Lipinski definition) is 5. The van der Waals surface area contributed by atoms with Crippen molar-refractivity contribution >= 4 is 22.7 Å². The van der Waals surface area contributed by atoms with Gasteiger partial charge in [-0.3, -0.25) is 0 Å². The van der Waals surface area contributed by atoms with Gasteiger partial charge in [0, 0.05) is 35.0 Å². The van der Waals surface area contributed by atoms with Crippen LogP contribution in [0, 0.1) is 5.82 Å². The molecule has 1 N–H and O–H groups in total. The normalized spacial score (nSPS) is 11.3. The van der Waals surface area contributed by atoms with Crippen LogP contribution in [-0.2, 0) is 13.1 Å². The van der Waals surface area contributed by atoms with Crippen molar-refractivity contribution in [3.8, 4) is 5.69 Å². The Bertz CT molecular complexity index is 1360. The summed E-state index contributed by atoms with van der Waals surface area (Å²) in [5.74, 6) is 0.741. The van der Waals surface area contributed by atoms with Gasteiger partial charge in [0.2, 0.25) is 5.16 Å². The van der Waals surface area contributed by atoms with Crippen molar-refractivity contribution in [1.82, 2.24) is 30.1 Å². The summed E-state index contributed by atoms with van der Waals surface area (Å²) in [6.45, 7) is 2.16. The first-order valence-electron chi connectivity index (χ1n) is 11.3. The zero-order valence-corrected chi connectivity index (χ0v) is 19.5. The average Bonchev–Trinajstić information content (AvgIpc) is 3.48. The highest BCUT2D eigenvalue weighted by Gasteiger charge is 2.11. The van der Waals surface area contributed by atoms with Gasteiger partial charge in [0.25, 0.3) is 0 Å². The summed E-state index contributed by atoms with van der Waals surface area (Å²) in [5, 5.41) is 17.6. The molecule has 34 heavy (non-hydrogen) atoms. The van der Waals surface area contributed by atoms with Gasteiger partial charge >= 0.3 is 0 Å². The van der Waals surface area contributed by atoms with E-state index in [0.29, 0.717) is 12.1 Å². The van der Waals surface area contributed by atoms with Gasteiger partial charge in [0.1, 0.15) is 5.82 Å². The largest absolute Gasteiger partial charge is 0.343 e. The van der Waals surface area contributed by atoms with Crippen molar-refractivity contribution < 1.29 is 4.39 Å². The lowest BCUT2D eigenvalue weighted by Crippen LogP contribution is -2.15. The molecule has 5 aromatic rings. The van der Waals surface area contributed by atoms with E-state index in [1.165, 1.54) is 17.0 Å². The fourth-order valence-corrected chi connectivity index (χ4v) is 4.82. The van der Waals surface area contributed by atoms with Crippen molar-refractivity contribution in [2.45, 2.75) is 24.7 Å². The first kappa shape index (κ1) is 22.3. The molecule has 0 unspecified atom stereocenters. The number of para-hydroxylation sites is 2. The van der Waals surface area contributed by atoms with Gasteiger partial charge in [0.15, 0.2) is 0 Å². The molecule has 8 heteroatoms. The van der Waals surface area contributed by atoms with E-state index in [1.807, 2.05) is 54.6 Å². The van der Waals surface area contributed by atoms with Crippen LogP contribution in [0.2, 0.25) is 0 Å². The molecule has 0 aliphatic heterocycles. The number of tetrazole rings is 1. The van der Waals surface area contributed by atoms with Gasteiger partial charge in [0.05, 0.1) is 12.2 Å². The van der Waals surface area contributed by atoms with Crippen molar-refractivity contribution in [3.63, 3.8) is 0 Å². The van der Waals surface area contributed by atoms with Gasteiger partial charge in [-0.25, -0.2) is 4.39 Å². The maximum atomic E-state index is 14.2. The zero-order valence-electron chi connectivity index (χ0n) is 18.6. The Morgan fingerprint density at radius 3 is 2.56 bits per heavy atom. The molecule has 3 aromatic carbocycles. The molecule has 0 fully saturated rings. The fourth-order valence-electron chi connectivity index (χ4n) is 3.99. The van der Waals surface area contributed by atoms with Gasteiger partial charge in [-0.15, -0.1) is 5.10 Å². The molecule has 0 aliphatic carbocycles. The lowest BCUT2D eigenvalue weighted by Gasteiger charge is -2.06. The summed E-state index contributed by atoms with van der Waals surface area (Å²) in [6.07, 6.45) is 3.12. The monoisotopic (exact) mass is 472 g/mol. The van der Waals surface area contributed by atoms with Crippen molar-refractivity contribution in [2.24, 2.45) is 0 Å². The highest BCUT2D eigenvalue weighted by Crippen LogP contribution is 2.23. The summed E-state index contributed by atoms with van der Waals surface area (Å²) < 4.78 is 18.1. The summed E-state index contributed by atoms with van der Waals surface area (Å²) in [6, 6.07) is 25.2. The lowest BCUT2D eigenvalue weighted by molar-refractivity contribution is 0.601. The van der Waals surface area contributed by atoms with Crippen LogP contribution in [-0.4, -0.2) is 37.1 Å². The van der Waals surface area contributed by atoms with E-state index in [4.69, 9.17) is 0 Å². The van der Waals surface area contributed by atoms with Crippen LogP contribution >= 0.6 is 11.8 Å². The van der Waals surface area contributed by atoms with E-state index in [-0.39, 0.29) is 5.82 Å². The van der Waals surface area contributed by atoms with E-state index < -0.39 is 0 Å². The number of aromatic nitrogens is 5. The SMILES string of the molecule is Fc1ccccc1Cn1cc(CNCCCSc2nnnn2-c2ccccc2)c2ccccc21. The van der Waals surface area contributed by atoms with Crippen LogP contribution in [0.3, 0.4) is 0 Å². The first-order valence-corrected chi connectivity index (χ1v) is 12.3. The first-order chi connectivity index (χ1) is 16.8. The predicted octanol–water partition coefficient (Wildman–Crippen LogP) is 5.08. The molecule has 2 heterocycles. The third kappa shape index (κ3) is 5.03. The Morgan fingerprint density at radius 1 is 0.882 bits per heavy atom. The van der Waals surface area contributed by atoms with E-state index in [2.05, 4.69) is 43.7 Å². The number of nitrogens with one attached hydrogen (secondary N) is 1. The molecule has 0 spiro atoms. The number of rotatable bonds is 10. The molecule has 6 nitrogen and oxygen atoms in total. The van der Waals surface area contributed by atoms with E-state index in [9.17, 15) is 4.39 Å². The minimum absolute atomic E-state index is 0.171. The molecule has 0 saturated heterocycles. The quantitative estimate of drug-likeness (QED) is 0.227. The maximum Gasteiger partial charge on any atom is 0.214 e. The summed E-state index contributed by atoms with van der Waals surface area (Å²) in [4.78, 5) is 0. The second kappa shape index (κ2) is 10.6. The molecule has 172 valence electrons. The van der Waals surface area contributed by atoms with Gasteiger partial charge < -0.3 is 9.88 Å². The number of benzene rings is 3. The van der Waals surface area contributed by atoms with Crippen LogP contribution in [0.15, 0.2) is 90.2 Å². The molecule has 5 rings (SSSR count). The van der Waals surface area contributed by atoms with Crippen molar-refractivity contribution in [2.75, 3.05) is 12.3 Å². The topological polar surface area (TPSA) is 60.6 Å². The maximum absolute atomic E-state index is 14.2. The summed E-state index contributed by atoms with van der Waals surface area (Å²) in [7, 11) is 0. The summed E-state index contributed by atoms with van der Waals surface area (Å²) in [5.41, 5.74) is 3.98. The molecule has 0 atom stereocenters. The highest BCUT2D eigenvalue weighted by molar-refractivity contribution is 7.99. The third-order valence-corrected chi connectivity index (χ3v) is 6.66. The summed E-state index contributed by atoms with van der Waals surface area (Å²) >= 11 is 1.65. The third-order valence-electron chi connectivity index (χ3n) is 5.66. The second-order valence-corrected chi connectivity index (χ2v) is 9.04. The van der Waals surface area contributed by atoms with Crippen LogP contribution < -0.4 is 5.32 Å². The van der Waals surface area contributed by atoms with Crippen LogP contribution in [0.1, 0.15) is 17.5 Å². The van der Waals surface area contributed by atoms with Crippen molar-refractivity contribution in [3.05, 3.63) is 102 Å². The van der Waals surface area contributed by atoms with Gasteiger partial charge in [-0.2, -0.15) is 4.68 Å². The second-order valence-electron chi connectivity index (χ2n) is 7.98. The smallest absolute Gasteiger partial charge is 0.214 e. The molecule has 0 radical (unpaired) electrons. The minimum atomic E-state index is -0.171. The molecular weight excluding hydrogens is 447 g/mol. The molecule has 0 saturated carbocycles. The Labute approximate surface area is 201 Å². The molecule has 0 amide bonds. The van der Waals surface area contributed by atoms with Crippen molar-refractivity contribution in [1.29, 1.82) is 0 Å². The molecule has 0 bridgehead atoms. The Morgan fingerprint density at radius 2 is 1.68 bits per heavy atom. The van der Waals surface area contributed by atoms with E-state index >= 15 is 0 Å². The van der Waals surface area contributed by atoms with E-state index in [0.717, 1.165) is 41.6 Å². The number of hydrogen-bond donors (Lipinski definition) is 1. The number of nitrogens with zero attached hydrogens (tertiary/aromatic N) is 5. The standard InChI is InChI=1S/C26H25FN6S/c27-24-13-6-4-9-20(24)18-32-19-21(23-12-5-7-14-25(23)32)17-28-15-8-16-34-26-29-30-31-33(26)22-10-2-1-3-11-22/h1-7,9-14,19,28H,8,15-18H2. The zero-order chi connectivity index (χ0) is 23.2. The molecular formula is C26H25FN6S. The minimum Gasteiger partial charge on any atom is -0.343 e. The van der Waals surface area contributed by atoms with Crippen LogP contribution in [0.5, 0.6) is 0 Å². The molecule has 2 aromatic heterocycles. The fraction of sp³-hybridized carbons (Fsp3) is 0.192. The highest BCUT2D eigenvalue weighted by atomic mass is 32.2. The van der Waals surface area contributed by atoms with Gasteiger partial charge in [-0.1, -0.05) is 66.4 Å². The number of halogens is 1. The average molecular weight is 473 g/mol. The van der Waals surface area contributed by atoms with Crippen LogP contribution in [0.25, 0.3) is 16.6 Å². The number of thioether (sulfide) groups is 1. The van der Waals surface area contributed by atoms with Crippen LogP contribution in [0.4, 0.5) is 4.39 Å². The Kier molecular flexibility index (Phi) is 6.97.